The molecule has 8 heteroatoms. The second kappa shape index (κ2) is 5.35. The van der Waals surface area contributed by atoms with Crippen molar-refractivity contribution < 1.29 is 0 Å². The molecule has 2 rings (SSSR count). The van der Waals surface area contributed by atoms with E-state index in [1.54, 1.807) is 17.5 Å². The normalized spacial score (nSPS) is 12.4. The Morgan fingerprint density at radius 3 is 2.79 bits per heavy atom. The maximum atomic E-state index is 11.9. The van der Waals surface area contributed by atoms with Crippen LogP contribution in [0.15, 0.2) is 21.2 Å². The monoisotopic (exact) mass is 281 g/mol. The quantitative estimate of drug-likeness (QED) is 0.862. The molecule has 0 fully saturated rings. The van der Waals surface area contributed by atoms with E-state index in [0.29, 0.717) is 6.54 Å². The lowest BCUT2D eigenvalue weighted by Gasteiger charge is -2.11. The number of thiazole rings is 1. The molecule has 0 radical (unpaired) electrons. The van der Waals surface area contributed by atoms with Gasteiger partial charge in [-0.1, -0.05) is 6.92 Å². The lowest BCUT2D eigenvalue weighted by Crippen LogP contribution is -2.40. The summed E-state index contributed by atoms with van der Waals surface area (Å²) in [5, 5.41) is 9.81. The number of anilines is 1. The van der Waals surface area contributed by atoms with Crippen molar-refractivity contribution in [1.29, 1.82) is 0 Å². The van der Waals surface area contributed by atoms with Gasteiger partial charge in [-0.3, -0.25) is 9.36 Å². The van der Waals surface area contributed by atoms with Crippen molar-refractivity contribution in [1.82, 2.24) is 19.3 Å². The van der Waals surface area contributed by atoms with Gasteiger partial charge in [0.1, 0.15) is 0 Å². The van der Waals surface area contributed by atoms with Crippen molar-refractivity contribution in [2.75, 3.05) is 11.9 Å². The molecule has 102 valence electrons. The second-order valence-corrected chi connectivity index (χ2v) is 5.20. The van der Waals surface area contributed by atoms with Gasteiger partial charge in [0.2, 0.25) is 5.82 Å². The van der Waals surface area contributed by atoms with Crippen LogP contribution in [-0.4, -0.2) is 25.9 Å². The molecule has 0 bridgehead atoms. The zero-order chi connectivity index (χ0) is 14.0. The molecule has 0 aromatic carbocycles. The lowest BCUT2D eigenvalue weighted by atomic mass is 10.2. The highest BCUT2D eigenvalue weighted by molar-refractivity contribution is 7.09. The predicted octanol–water partition coefficient (Wildman–Crippen LogP) is 0.151. The zero-order valence-electron chi connectivity index (χ0n) is 11.0. The summed E-state index contributed by atoms with van der Waals surface area (Å²) in [5.74, 6) is 0.344. The number of nitrogens with one attached hydrogen (secondary N) is 1. The van der Waals surface area contributed by atoms with Gasteiger partial charge in [0, 0.05) is 38.1 Å². The summed E-state index contributed by atoms with van der Waals surface area (Å²) < 4.78 is 2.17. The number of rotatable bonds is 4. The number of aryl methyl sites for hydroxylation is 1. The Hall–Kier alpha value is -1.96. The first kappa shape index (κ1) is 13.5. The van der Waals surface area contributed by atoms with Gasteiger partial charge in [0.25, 0.3) is 5.56 Å². The summed E-state index contributed by atoms with van der Waals surface area (Å²) in [4.78, 5) is 27.6. The molecule has 0 aliphatic rings. The predicted molar refractivity (Wildman–Crippen MR) is 73.7 cm³/mol. The summed E-state index contributed by atoms with van der Waals surface area (Å²) in [6, 6.07) is 0. The molecular formula is C11H15N5O2S. The van der Waals surface area contributed by atoms with Crippen LogP contribution < -0.4 is 16.6 Å². The van der Waals surface area contributed by atoms with Crippen LogP contribution in [0.3, 0.4) is 0 Å². The molecule has 2 aromatic rings. The average Bonchev–Trinajstić information content (AvgIpc) is 2.92. The van der Waals surface area contributed by atoms with Crippen LogP contribution >= 0.6 is 11.3 Å². The smallest absolute Gasteiger partial charge is 0.346 e. The van der Waals surface area contributed by atoms with E-state index < -0.39 is 11.2 Å². The van der Waals surface area contributed by atoms with Crippen LogP contribution in [0.4, 0.5) is 5.82 Å². The fourth-order valence-electron chi connectivity index (χ4n) is 1.62. The molecule has 0 aliphatic heterocycles. The summed E-state index contributed by atoms with van der Waals surface area (Å²) in [7, 11) is 2.94. The third kappa shape index (κ3) is 2.73. The van der Waals surface area contributed by atoms with Crippen molar-refractivity contribution in [2.45, 2.75) is 12.8 Å². The Balaban J connectivity index is 2.17. The maximum absolute atomic E-state index is 11.9. The number of hydrogen-bond acceptors (Lipinski definition) is 6. The molecule has 0 saturated carbocycles. The zero-order valence-corrected chi connectivity index (χ0v) is 11.8. The Labute approximate surface area is 113 Å². The van der Waals surface area contributed by atoms with Gasteiger partial charge in [-0.2, -0.15) is 0 Å². The van der Waals surface area contributed by atoms with E-state index in [9.17, 15) is 9.59 Å². The molecule has 0 spiro atoms. The van der Waals surface area contributed by atoms with Gasteiger partial charge in [0.15, 0.2) is 0 Å². The molecular weight excluding hydrogens is 266 g/mol. The highest BCUT2D eigenvalue weighted by Crippen LogP contribution is 2.17. The molecule has 0 amide bonds. The van der Waals surface area contributed by atoms with E-state index in [1.165, 1.54) is 14.1 Å². The fourth-order valence-corrected chi connectivity index (χ4v) is 2.32. The van der Waals surface area contributed by atoms with Gasteiger partial charge in [0.05, 0.1) is 5.01 Å². The minimum atomic E-state index is -0.441. The van der Waals surface area contributed by atoms with Gasteiger partial charge in [-0.05, 0) is 0 Å². The first-order chi connectivity index (χ1) is 9.00. The van der Waals surface area contributed by atoms with Crippen LogP contribution in [0.2, 0.25) is 0 Å². The molecule has 1 atom stereocenters. The van der Waals surface area contributed by atoms with Crippen molar-refractivity contribution in [3.63, 3.8) is 0 Å². The largest absolute Gasteiger partial charge is 0.363 e. The van der Waals surface area contributed by atoms with Gasteiger partial charge in [-0.15, -0.1) is 16.4 Å². The first-order valence-corrected chi connectivity index (χ1v) is 6.66. The van der Waals surface area contributed by atoms with Crippen molar-refractivity contribution in [3.05, 3.63) is 37.4 Å². The number of hydrogen-bond donors (Lipinski definition) is 1. The van der Waals surface area contributed by atoms with E-state index in [0.717, 1.165) is 14.3 Å². The molecule has 0 aliphatic carbocycles. The van der Waals surface area contributed by atoms with Crippen molar-refractivity contribution >= 4 is 17.2 Å². The number of nitrogens with zero attached hydrogens (tertiary/aromatic N) is 4. The first-order valence-electron chi connectivity index (χ1n) is 5.78. The Bertz CT molecular complexity index is 673. The van der Waals surface area contributed by atoms with E-state index in [-0.39, 0.29) is 11.7 Å². The molecule has 2 heterocycles. The summed E-state index contributed by atoms with van der Waals surface area (Å²) in [6.45, 7) is 2.55. The molecule has 1 unspecified atom stereocenters. The van der Waals surface area contributed by atoms with Crippen LogP contribution in [0.1, 0.15) is 17.8 Å². The van der Waals surface area contributed by atoms with E-state index >= 15 is 0 Å². The summed E-state index contributed by atoms with van der Waals surface area (Å²) >= 11 is 1.57. The highest BCUT2D eigenvalue weighted by atomic mass is 32.1. The Morgan fingerprint density at radius 1 is 1.42 bits per heavy atom. The standard InChI is InChI=1S/C11H15N5O2S/c1-7(9-12-4-5-19-9)6-13-8-10(17)15(2)11(18)16(3)14-8/h4-5,7H,6H2,1-3H3,(H,13,14). The molecule has 0 saturated heterocycles. The third-order valence-electron chi connectivity index (χ3n) is 2.77. The Kier molecular flexibility index (Phi) is 3.79. The fraction of sp³-hybridized carbons (Fsp3) is 0.455. The van der Waals surface area contributed by atoms with E-state index in [4.69, 9.17) is 0 Å². The van der Waals surface area contributed by atoms with Crippen LogP contribution in [0.25, 0.3) is 0 Å². The number of aromatic nitrogens is 4. The minimum Gasteiger partial charge on any atom is -0.363 e. The lowest BCUT2D eigenvalue weighted by molar-refractivity contribution is 0.602. The SMILES string of the molecule is CC(CNc1nn(C)c(=O)n(C)c1=O)c1nccs1. The maximum Gasteiger partial charge on any atom is 0.346 e. The Morgan fingerprint density at radius 2 is 2.16 bits per heavy atom. The molecule has 2 aromatic heterocycles. The van der Waals surface area contributed by atoms with Crippen LogP contribution in [0.5, 0.6) is 0 Å². The minimum absolute atomic E-state index is 0.170. The summed E-state index contributed by atoms with van der Waals surface area (Å²) in [5.41, 5.74) is -0.863. The van der Waals surface area contributed by atoms with Gasteiger partial charge >= 0.3 is 5.69 Å². The topological polar surface area (TPSA) is 81.8 Å². The summed E-state index contributed by atoms with van der Waals surface area (Å²) in [6.07, 6.45) is 1.75. The molecule has 7 nitrogen and oxygen atoms in total. The second-order valence-electron chi connectivity index (χ2n) is 4.27. The molecule has 19 heavy (non-hydrogen) atoms. The van der Waals surface area contributed by atoms with Crippen LogP contribution in [-0.2, 0) is 14.1 Å². The van der Waals surface area contributed by atoms with Crippen LogP contribution in [0, 0.1) is 0 Å². The van der Waals surface area contributed by atoms with E-state index in [1.807, 2.05) is 12.3 Å². The average molecular weight is 281 g/mol. The van der Waals surface area contributed by atoms with Crippen molar-refractivity contribution in [3.8, 4) is 0 Å². The highest BCUT2D eigenvalue weighted by Gasteiger charge is 2.12. The van der Waals surface area contributed by atoms with Gasteiger partial charge in [-0.25, -0.2) is 14.5 Å². The third-order valence-corrected chi connectivity index (χ3v) is 3.78. The van der Waals surface area contributed by atoms with E-state index in [2.05, 4.69) is 15.4 Å². The molecule has 1 N–H and O–H groups in total. The van der Waals surface area contributed by atoms with Crippen molar-refractivity contribution in [2.24, 2.45) is 14.1 Å². The van der Waals surface area contributed by atoms with Gasteiger partial charge < -0.3 is 5.32 Å².